The lowest BCUT2D eigenvalue weighted by Gasteiger charge is -2.14. The summed E-state index contributed by atoms with van der Waals surface area (Å²) in [7, 11) is 0. The number of rotatable bonds is 4. The van der Waals surface area contributed by atoms with Gasteiger partial charge in [0.2, 0.25) is 0 Å². The summed E-state index contributed by atoms with van der Waals surface area (Å²) in [4.78, 5) is 0. The van der Waals surface area contributed by atoms with Crippen molar-refractivity contribution in [1.82, 2.24) is 0 Å². The molecule has 0 bridgehead atoms. The molecule has 0 spiro atoms. The normalized spacial score (nSPS) is 12.5. The maximum atomic E-state index is 8.99. The van der Waals surface area contributed by atoms with Crippen molar-refractivity contribution in [3.63, 3.8) is 0 Å². The van der Waals surface area contributed by atoms with Crippen LogP contribution in [0.1, 0.15) is 12.5 Å². The van der Waals surface area contributed by atoms with Gasteiger partial charge in [-0.2, -0.15) is 0 Å². The maximum Gasteiger partial charge on any atom is 0.125 e. The lowest BCUT2D eigenvalue weighted by atomic mass is 10.2. The summed E-state index contributed by atoms with van der Waals surface area (Å²) in [5.74, 6) is 0.711. The van der Waals surface area contributed by atoms with Crippen LogP contribution in [-0.2, 0) is 6.61 Å². The molecule has 0 fully saturated rings. The monoisotopic (exact) mass is 181 g/mol. The van der Waals surface area contributed by atoms with E-state index in [-0.39, 0.29) is 12.7 Å². The fraction of sp³-hybridized carbons (Fsp3) is 0.400. The van der Waals surface area contributed by atoms with E-state index in [0.717, 1.165) is 5.56 Å². The third-order valence-electron chi connectivity index (χ3n) is 1.80. The molecule has 0 radical (unpaired) electrons. The zero-order valence-corrected chi connectivity index (χ0v) is 7.73. The minimum absolute atomic E-state index is 0.00648. The van der Waals surface area contributed by atoms with Gasteiger partial charge in [-0.3, -0.25) is 0 Å². The number of ether oxygens (including phenoxy) is 1. The molecule has 0 aliphatic rings. The summed E-state index contributed by atoms with van der Waals surface area (Å²) in [6.45, 7) is 2.36. The summed E-state index contributed by atoms with van der Waals surface area (Å²) in [6.07, 6.45) is -0.0206. The second-order valence-corrected chi connectivity index (χ2v) is 2.93. The van der Waals surface area contributed by atoms with Crippen molar-refractivity contribution < 1.29 is 9.84 Å². The van der Waals surface area contributed by atoms with E-state index >= 15 is 0 Å². The number of benzene rings is 1. The molecule has 0 amide bonds. The number of nitrogens with two attached hydrogens (primary N) is 1. The summed E-state index contributed by atoms with van der Waals surface area (Å²) >= 11 is 0. The predicted molar refractivity (Wildman–Crippen MR) is 51.5 cm³/mol. The summed E-state index contributed by atoms with van der Waals surface area (Å²) in [6, 6.07) is 7.40. The molecule has 1 aromatic rings. The Balaban J connectivity index is 2.74. The van der Waals surface area contributed by atoms with E-state index in [1.807, 2.05) is 31.2 Å². The van der Waals surface area contributed by atoms with Crippen molar-refractivity contribution in [1.29, 1.82) is 0 Å². The van der Waals surface area contributed by atoms with E-state index in [9.17, 15) is 0 Å². The second kappa shape index (κ2) is 4.84. The highest BCUT2D eigenvalue weighted by Gasteiger charge is 2.04. The fourth-order valence-corrected chi connectivity index (χ4v) is 1.01. The lowest BCUT2D eigenvalue weighted by Crippen LogP contribution is -2.23. The smallest absolute Gasteiger partial charge is 0.125 e. The van der Waals surface area contributed by atoms with E-state index in [1.54, 1.807) is 0 Å². The molecule has 1 atom stereocenters. The molecule has 0 heterocycles. The molecule has 1 unspecified atom stereocenters. The number of aliphatic hydroxyl groups excluding tert-OH is 1. The first kappa shape index (κ1) is 10.0. The fourth-order valence-electron chi connectivity index (χ4n) is 1.01. The standard InChI is InChI=1S/C10H15NO2/c1-8(6-11)13-10-5-3-2-4-9(10)7-12/h2-5,8,12H,6-7,11H2,1H3. The first-order chi connectivity index (χ1) is 6.27. The Morgan fingerprint density at radius 2 is 2.15 bits per heavy atom. The largest absolute Gasteiger partial charge is 0.489 e. The van der Waals surface area contributed by atoms with Crippen LogP contribution in [0.3, 0.4) is 0 Å². The molecule has 1 aromatic carbocycles. The van der Waals surface area contributed by atoms with Crippen LogP contribution >= 0.6 is 0 Å². The van der Waals surface area contributed by atoms with Crippen molar-refractivity contribution >= 4 is 0 Å². The molecule has 13 heavy (non-hydrogen) atoms. The third kappa shape index (κ3) is 2.72. The Morgan fingerprint density at radius 1 is 1.46 bits per heavy atom. The van der Waals surface area contributed by atoms with Crippen LogP contribution in [0, 0.1) is 0 Å². The lowest BCUT2D eigenvalue weighted by molar-refractivity contribution is 0.216. The molecule has 3 heteroatoms. The summed E-state index contributed by atoms with van der Waals surface area (Å²) in [5.41, 5.74) is 6.22. The van der Waals surface area contributed by atoms with Gasteiger partial charge in [0.25, 0.3) is 0 Å². The predicted octanol–water partition coefficient (Wildman–Crippen LogP) is 0.905. The first-order valence-electron chi connectivity index (χ1n) is 4.33. The van der Waals surface area contributed by atoms with E-state index in [0.29, 0.717) is 12.3 Å². The number of para-hydroxylation sites is 1. The topological polar surface area (TPSA) is 55.5 Å². The number of hydrogen-bond donors (Lipinski definition) is 2. The molecule has 0 saturated carbocycles. The molecule has 1 rings (SSSR count). The van der Waals surface area contributed by atoms with Crippen LogP contribution in [-0.4, -0.2) is 17.8 Å². The molecular weight excluding hydrogens is 166 g/mol. The summed E-state index contributed by atoms with van der Waals surface area (Å²) in [5, 5.41) is 8.99. The van der Waals surface area contributed by atoms with Gasteiger partial charge in [-0.25, -0.2) is 0 Å². The SMILES string of the molecule is CC(CN)Oc1ccccc1CO. The minimum atomic E-state index is -0.0206. The van der Waals surface area contributed by atoms with Crippen LogP contribution in [0.5, 0.6) is 5.75 Å². The van der Waals surface area contributed by atoms with Gasteiger partial charge in [0, 0.05) is 12.1 Å². The number of hydrogen-bond acceptors (Lipinski definition) is 3. The summed E-state index contributed by atoms with van der Waals surface area (Å²) < 4.78 is 5.50. The Morgan fingerprint density at radius 3 is 2.77 bits per heavy atom. The van der Waals surface area contributed by atoms with E-state index in [1.165, 1.54) is 0 Å². The Bertz CT molecular complexity index is 263. The van der Waals surface area contributed by atoms with Crippen molar-refractivity contribution in [3.05, 3.63) is 29.8 Å². The van der Waals surface area contributed by atoms with Crippen LogP contribution in [0.4, 0.5) is 0 Å². The van der Waals surface area contributed by atoms with Gasteiger partial charge >= 0.3 is 0 Å². The van der Waals surface area contributed by atoms with Crippen LogP contribution in [0.25, 0.3) is 0 Å². The van der Waals surface area contributed by atoms with Gasteiger partial charge in [0.15, 0.2) is 0 Å². The third-order valence-corrected chi connectivity index (χ3v) is 1.80. The molecular formula is C10H15NO2. The molecule has 0 saturated heterocycles. The highest BCUT2D eigenvalue weighted by Crippen LogP contribution is 2.18. The van der Waals surface area contributed by atoms with Crippen LogP contribution in [0.15, 0.2) is 24.3 Å². The quantitative estimate of drug-likeness (QED) is 0.725. The molecule has 3 N–H and O–H groups in total. The number of aliphatic hydroxyl groups is 1. The Labute approximate surface area is 78.1 Å². The van der Waals surface area contributed by atoms with E-state index in [4.69, 9.17) is 15.6 Å². The van der Waals surface area contributed by atoms with Gasteiger partial charge in [-0.1, -0.05) is 18.2 Å². The average Bonchev–Trinajstić information content (AvgIpc) is 2.18. The van der Waals surface area contributed by atoms with E-state index in [2.05, 4.69) is 0 Å². The molecule has 0 aliphatic heterocycles. The van der Waals surface area contributed by atoms with Gasteiger partial charge in [0.1, 0.15) is 11.9 Å². The zero-order chi connectivity index (χ0) is 9.68. The molecule has 0 aromatic heterocycles. The second-order valence-electron chi connectivity index (χ2n) is 2.93. The molecule has 3 nitrogen and oxygen atoms in total. The van der Waals surface area contributed by atoms with Crippen molar-refractivity contribution in [3.8, 4) is 5.75 Å². The zero-order valence-electron chi connectivity index (χ0n) is 7.73. The van der Waals surface area contributed by atoms with Gasteiger partial charge in [0.05, 0.1) is 6.61 Å². The van der Waals surface area contributed by atoms with Gasteiger partial charge < -0.3 is 15.6 Å². The first-order valence-corrected chi connectivity index (χ1v) is 4.33. The Hall–Kier alpha value is -1.06. The average molecular weight is 181 g/mol. The van der Waals surface area contributed by atoms with E-state index < -0.39 is 0 Å². The Kier molecular flexibility index (Phi) is 3.73. The van der Waals surface area contributed by atoms with Crippen molar-refractivity contribution in [2.75, 3.05) is 6.54 Å². The van der Waals surface area contributed by atoms with Gasteiger partial charge in [-0.05, 0) is 13.0 Å². The highest BCUT2D eigenvalue weighted by atomic mass is 16.5. The van der Waals surface area contributed by atoms with Gasteiger partial charge in [-0.15, -0.1) is 0 Å². The molecule has 0 aliphatic carbocycles. The van der Waals surface area contributed by atoms with Crippen LogP contribution in [0.2, 0.25) is 0 Å². The maximum absolute atomic E-state index is 8.99. The molecule has 72 valence electrons. The van der Waals surface area contributed by atoms with Crippen molar-refractivity contribution in [2.24, 2.45) is 5.73 Å². The van der Waals surface area contributed by atoms with Crippen molar-refractivity contribution in [2.45, 2.75) is 19.6 Å². The minimum Gasteiger partial charge on any atom is -0.489 e. The highest BCUT2D eigenvalue weighted by molar-refractivity contribution is 5.32. The van der Waals surface area contributed by atoms with Crippen LogP contribution < -0.4 is 10.5 Å².